The van der Waals surface area contributed by atoms with Gasteiger partial charge >= 0.3 is 0 Å². The Balaban J connectivity index is 1.30. The maximum absolute atomic E-state index is 13.4. The first-order chi connectivity index (χ1) is 16.1. The van der Waals surface area contributed by atoms with Crippen molar-refractivity contribution in [2.24, 2.45) is 11.8 Å². The molecule has 0 radical (unpaired) electrons. The van der Waals surface area contributed by atoms with Gasteiger partial charge in [0.25, 0.3) is 0 Å². The SMILES string of the molecule is C[C@@H]1CCCC[C@@H]1NC(=O)C1CCN(c2nc3ccccc3n2Cc2ccc(F)cc2)CC1. The summed E-state index contributed by atoms with van der Waals surface area (Å²) in [6.07, 6.45) is 6.51. The summed E-state index contributed by atoms with van der Waals surface area (Å²) >= 11 is 0. The Bertz CT molecular complexity index is 1100. The van der Waals surface area contributed by atoms with E-state index in [4.69, 9.17) is 4.98 Å². The number of nitrogens with zero attached hydrogens (tertiary/aromatic N) is 3. The topological polar surface area (TPSA) is 50.2 Å². The number of anilines is 1. The molecule has 0 unspecified atom stereocenters. The van der Waals surface area contributed by atoms with E-state index in [1.807, 2.05) is 30.3 Å². The summed E-state index contributed by atoms with van der Waals surface area (Å²) < 4.78 is 15.6. The molecule has 5 rings (SSSR count). The van der Waals surface area contributed by atoms with Gasteiger partial charge in [-0.3, -0.25) is 4.79 Å². The first kappa shape index (κ1) is 21.9. The van der Waals surface area contributed by atoms with Crippen molar-refractivity contribution >= 4 is 22.9 Å². The lowest BCUT2D eigenvalue weighted by molar-refractivity contribution is -0.126. The summed E-state index contributed by atoms with van der Waals surface area (Å²) in [5, 5.41) is 3.35. The summed E-state index contributed by atoms with van der Waals surface area (Å²) in [5.74, 6) is 1.59. The van der Waals surface area contributed by atoms with Crippen molar-refractivity contribution in [1.82, 2.24) is 14.9 Å². The number of fused-ring (bicyclic) bond motifs is 1. The van der Waals surface area contributed by atoms with Gasteiger partial charge in [0.1, 0.15) is 5.82 Å². The van der Waals surface area contributed by atoms with Gasteiger partial charge in [0.15, 0.2) is 0 Å². The molecule has 2 aliphatic rings. The van der Waals surface area contributed by atoms with E-state index in [0.717, 1.165) is 54.9 Å². The Morgan fingerprint density at radius 1 is 1.03 bits per heavy atom. The lowest BCUT2D eigenvalue weighted by Crippen LogP contribution is -2.47. The Kier molecular flexibility index (Phi) is 6.34. The molecule has 2 atom stereocenters. The highest BCUT2D eigenvalue weighted by atomic mass is 19.1. The third-order valence-electron chi connectivity index (χ3n) is 7.48. The quantitative estimate of drug-likeness (QED) is 0.588. The molecule has 174 valence electrons. The molecule has 0 spiro atoms. The van der Waals surface area contributed by atoms with Crippen molar-refractivity contribution < 1.29 is 9.18 Å². The Labute approximate surface area is 195 Å². The lowest BCUT2D eigenvalue weighted by atomic mass is 9.85. The summed E-state index contributed by atoms with van der Waals surface area (Å²) in [5.41, 5.74) is 3.07. The monoisotopic (exact) mass is 448 g/mol. The number of aromatic nitrogens is 2. The van der Waals surface area contributed by atoms with Gasteiger partial charge in [0, 0.05) is 25.0 Å². The third-order valence-corrected chi connectivity index (χ3v) is 7.48. The van der Waals surface area contributed by atoms with Gasteiger partial charge in [-0.1, -0.05) is 44.0 Å². The van der Waals surface area contributed by atoms with Crippen LogP contribution in [0.1, 0.15) is 51.0 Å². The molecule has 2 heterocycles. The van der Waals surface area contributed by atoms with Crippen LogP contribution in [0.5, 0.6) is 0 Å². The maximum Gasteiger partial charge on any atom is 0.223 e. The highest BCUT2D eigenvalue weighted by Crippen LogP contribution is 2.29. The fraction of sp³-hybridized carbons (Fsp3) is 0.481. The zero-order valence-corrected chi connectivity index (χ0v) is 19.3. The largest absolute Gasteiger partial charge is 0.353 e. The predicted octanol–water partition coefficient (Wildman–Crippen LogP) is 5.14. The number of nitrogens with one attached hydrogen (secondary N) is 1. The second-order valence-corrected chi connectivity index (χ2v) is 9.75. The first-order valence-corrected chi connectivity index (χ1v) is 12.3. The van der Waals surface area contributed by atoms with Crippen LogP contribution in [0.25, 0.3) is 11.0 Å². The van der Waals surface area contributed by atoms with Crippen LogP contribution in [-0.4, -0.2) is 34.6 Å². The smallest absolute Gasteiger partial charge is 0.223 e. The summed E-state index contributed by atoms with van der Waals surface area (Å²) in [6.45, 7) is 4.52. The average molecular weight is 449 g/mol. The number of hydrogen-bond donors (Lipinski definition) is 1. The van der Waals surface area contributed by atoms with Crippen LogP contribution >= 0.6 is 0 Å². The van der Waals surface area contributed by atoms with Crippen molar-refractivity contribution in [2.45, 2.75) is 58.0 Å². The minimum absolute atomic E-state index is 0.0744. The van der Waals surface area contributed by atoms with Gasteiger partial charge < -0.3 is 14.8 Å². The number of amides is 1. The Morgan fingerprint density at radius 3 is 2.52 bits per heavy atom. The highest BCUT2D eigenvalue weighted by Gasteiger charge is 2.30. The summed E-state index contributed by atoms with van der Waals surface area (Å²) in [6, 6.07) is 15.2. The van der Waals surface area contributed by atoms with Crippen LogP contribution in [0, 0.1) is 17.7 Å². The number of piperidine rings is 1. The van der Waals surface area contributed by atoms with Gasteiger partial charge in [-0.05, 0) is 61.4 Å². The molecule has 1 aliphatic heterocycles. The van der Waals surface area contributed by atoms with E-state index < -0.39 is 0 Å². The molecule has 1 saturated heterocycles. The molecular weight excluding hydrogens is 415 g/mol. The molecule has 0 bridgehead atoms. The van der Waals surface area contributed by atoms with Crippen LogP contribution in [0.2, 0.25) is 0 Å². The van der Waals surface area contributed by atoms with E-state index in [-0.39, 0.29) is 17.6 Å². The van der Waals surface area contributed by atoms with Crippen molar-refractivity contribution in [3.05, 3.63) is 59.9 Å². The number of hydrogen-bond acceptors (Lipinski definition) is 3. The van der Waals surface area contributed by atoms with E-state index in [1.165, 1.54) is 31.4 Å². The molecular formula is C27H33FN4O. The number of carbonyl (C=O) groups is 1. The first-order valence-electron chi connectivity index (χ1n) is 12.3. The van der Waals surface area contributed by atoms with E-state index >= 15 is 0 Å². The standard InChI is InChI=1S/C27H33FN4O/c1-19-6-2-3-7-23(19)29-26(33)21-14-16-31(17-15-21)27-30-24-8-4-5-9-25(24)32(27)18-20-10-12-22(28)13-11-20/h4-5,8-13,19,21,23H,2-3,6-7,14-18H2,1H3,(H,29,33)/t19-,23+/m1/s1. The zero-order valence-electron chi connectivity index (χ0n) is 19.3. The molecule has 2 aromatic carbocycles. The molecule has 6 heteroatoms. The summed E-state index contributed by atoms with van der Waals surface area (Å²) in [7, 11) is 0. The van der Waals surface area contributed by atoms with Crippen molar-refractivity contribution in [3.8, 4) is 0 Å². The molecule has 3 aromatic rings. The van der Waals surface area contributed by atoms with Gasteiger partial charge in [0.05, 0.1) is 17.6 Å². The van der Waals surface area contributed by atoms with Gasteiger partial charge in [0.2, 0.25) is 11.9 Å². The van der Waals surface area contributed by atoms with Gasteiger partial charge in [-0.15, -0.1) is 0 Å². The Hall–Kier alpha value is -2.89. The second kappa shape index (κ2) is 9.54. The number of imidazole rings is 1. The van der Waals surface area contributed by atoms with Crippen LogP contribution in [-0.2, 0) is 11.3 Å². The number of carbonyl (C=O) groups excluding carboxylic acids is 1. The maximum atomic E-state index is 13.4. The van der Waals surface area contributed by atoms with E-state index in [2.05, 4.69) is 27.8 Å². The minimum atomic E-state index is -0.225. The number of para-hydroxylation sites is 2. The van der Waals surface area contributed by atoms with Gasteiger partial charge in [-0.2, -0.15) is 0 Å². The van der Waals surface area contributed by atoms with E-state index in [0.29, 0.717) is 18.5 Å². The molecule has 33 heavy (non-hydrogen) atoms. The fourth-order valence-electron chi connectivity index (χ4n) is 5.41. The number of rotatable bonds is 5. The third kappa shape index (κ3) is 4.75. The van der Waals surface area contributed by atoms with Crippen LogP contribution in [0.3, 0.4) is 0 Å². The zero-order chi connectivity index (χ0) is 22.8. The normalized spacial score (nSPS) is 21.9. The molecule has 1 saturated carbocycles. The number of benzene rings is 2. The molecule has 5 nitrogen and oxygen atoms in total. The van der Waals surface area contributed by atoms with Crippen molar-refractivity contribution in [3.63, 3.8) is 0 Å². The molecule has 1 aromatic heterocycles. The average Bonchev–Trinajstić information content (AvgIpc) is 3.20. The Morgan fingerprint density at radius 2 is 1.76 bits per heavy atom. The molecule has 1 aliphatic carbocycles. The predicted molar refractivity (Wildman–Crippen MR) is 130 cm³/mol. The molecule has 1 amide bonds. The van der Waals surface area contributed by atoms with E-state index in [1.54, 1.807) is 0 Å². The summed E-state index contributed by atoms with van der Waals surface area (Å²) in [4.78, 5) is 20.2. The van der Waals surface area contributed by atoms with Crippen LogP contribution in [0.4, 0.5) is 10.3 Å². The van der Waals surface area contributed by atoms with E-state index in [9.17, 15) is 9.18 Å². The van der Waals surface area contributed by atoms with Crippen LogP contribution < -0.4 is 10.2 Å². The van der Waals surface area contributed by atoms with Crippen LogP contribution in [0.15, 0.2) is 48.5 Å². The highest BCUT2D eigenvalue weighted by molar-refractivity contribution is 5.80. The van der Waals surface area contributed by atoms with Crippen molar-refractivity contribution in [1.29, 1.82) is 0 Å². The number of halogens is 1. The lowest BCUT2D eigenvalue weighted by Gasteiger charge is -2.35. The second-order valence-electron chi connectivity index (χ2n) is 9.75. The minimum Gasteiger partial charge on any atom is -0.353 e. The molecule has 2 fully saturated rings. The van der Waals surface area contributed by atoms with Gasteiger partial charge in [-0.25, -0.2) is 9.37 Å². The van der Waals surface area contributed by atoms with Crippen molar-refractivity contribution in [2.75, 3.05) is 18.0 Å². The molecule has 1 N–H and O–H groups in total. The fourth-order valence-corrected chi connectivity index (χ4v) is 5.41.